The lowest BCUT2D eigenvalue weighted by Crippen LogP contribution is -2.35. The highest BCUT2D eigenvalue weighted by Gasteiger charge is 2.26. The Balaban J connectivity index is 1.54. The molecule has 0 bridgehead atoms. The molecule has 0 aromatic heterocycles. The molecule has 29 heavy (non-hydrogen) atoms. The third-order valence-corrected chi connectivity index (χ3v) is 6.64. The Morgan fingerprint density at radius 3 is 2.38 bits per heavy atom. The highest BCUT2D eigenvalue weighted by molar-refractivity contribution is 7.89. The molecule has 1 heterocycles. The Bertz CT molecular complexity index is 955. The van der Waals surface area contributed by atoms with Crippen LogP contribution >= 0.6 is 0 Å². The quantitative estimate of drug-likeness (QED) is 0.727. The molecule has 2 amide bonds. The lowest BCUT2D eigenvalue weighted by molar-refractivity contribution is -0.116. The molecule has 7 nitrogen and oxygen atoms in total. The second-order valence-electron chi connectivity index (χ2n) is 6.91. The van der Waals surface area contributed by atoms with Gasteiger partial charge in [0.05, 0.1) is 4.90 Å². The maximum Gasteiger partial charge on any atom is 0.251 e. The van der Waals surface area contributed by atoms with Crippen LogP contribution in [0.1, 0.15) is 36.0 Å². The SMILES string of the molecule is O=C(CCNC(=O)c1ccccc1)Nc1cccc(S(=O)(=O)N2CCCCC2)c1. The molecule has 0 aliphatic carbocycles. The van der Waals surface area contributed by atoms with Gasteiger partial charge in [0.25, 0.3) is 5.91 Å². The van der Waals surface area contributed by atoms with Crippen molar-refractivity contribution in [3.05, 3.63) is 60.2 Å². The van der Waals surface area contributed by atoms with E-state index in [4.69, 9.17) is 0 Å². The average molecular weight is 416 g/mol. The van der Waals surface area contributed by atoms with E-state index < -0.39 is 10.0 Å². The van der Waals surface area contributed by atoms with Gasteiger partial charge in [-0.05, 0) is 43.2 Å². The van der Waals surface area contributed by atoms with Crippen LogP contribution in [-0.2, 0) is 14.8 Å². The molecular formula is C21H25N3O4S. The van der Waals surface area contributed by atoms with Gasteiger partial charge in [0.2, 0.25) is 15.9 Å². The largest absolute Gasteiger partial charge is 0.352 e. The lowest BCUT2D eigenvalue weighted by atomic mass is 10.2. The van der Waals surface area contributed by atoms with Gasteiger partial charge in [-0.25, -0.2) is 8.42 Å². The van der Waals surface area contributed by atoms with Crippen LogP contribution < -0.4 is 10.6 Å². The minimum absolute atomic E-state index is 0.0850. The molecule has 1 fully saturated rings. The number of carbonyl (C=O) groups is 2. The highest BCUT2D eigenvalue weighted by atomic mass is 32.2. The summed E-state index contributed by atoms with van der Waals surface area (Å²) in [6, 6.07) is 15.0. The van der Waals surface area contributed by atoms with Crippen molar-refractivity contribution in [3.8, 4) is 0 Å². The first-order valence-electron chi connectivity index (χ1n) is 9.70. The molecule has 0 atom stereocenters. The summed E-state index contributed by atoms with van der Waals surface area (Å²) < 4.78 is 27.0. The monoisotopic (exact) mass is 415 g/mol. The first-order chi connectivity index (χ1) is 14.0. The second-order valence-corrected chi connectivity index (χ2v) is 8.85. The highest BCUT2D eigenvalue weighted by Crippen LogP contribution is 2.22. The van der Waals surface area contributed by atoms with E-state index in [1.165, 1.54) is 10.4 Å². The van der Waals surface area contributed by atoms with Gasteiger partial charge in [0, 0.05) is 37.3 Å². The predicted molar refractivity (Wildman–Crippen MR) is 111 cm³/mol. The van der Waals surface area contributed by atoms with Crippen LogP contribution in [-0.4, -0.2) is 44.2 Å². The number of nitrogens with one attached hydrogen (secondary N) is 2. The maximum absolute atomic E-state index is 12.8. The van der Waals surface area contributed by atoms with Crippen LogP contribution in [0.25, 0.3) is 0 Å². The fraction of sp³-hybridized carbons (Fsp3) is 0.333. The van der Waals surface area contributed by atoms with Gasteiger partial charge >= 0.3 is 0 Å². The zero-order chi connectivity index (χ0) is 20.7. The summed E-state index contributed by atoms with van der Waals surface area (Å²) in [6.07, 6.45) is 2.86. The molecule has 154 valence electrons. The van der Waals surface area contributed by atoms with E-state index in [0.29, 0.717) is 24.3 Å². The third-order valence-electron chi connectivity index (χ3n) is 4.74. The summed E-state index contributed by atoms with van der Waals surface area (Å²) in [5, 5.41) is 5.39. The summed E-state index contributed by atoms with van der Waals surface area (Å²) in [7, 11) is -3.55. The normalized spacial score (nSPS) is 14.9. The second kappa shape index (κ2) is 9.67. The number of hydrogen-bond donors (Lipinski definition) is 2. The first-order valence-corrected chi connectivity index (χ1v) is 11.1. The topological polar surface area (TPSA) is 95.6 Å². The molecule has 2 aromatic carbocycles. The van der Waals surface area contributed by atoms with Crippen molar-refractivity contribution in [2.24, 2.45) is 0 Å². The van der Waals surface area contributed by atoms with E-state index in [9.17, 15) is 18.0 Å². The van der Waals surface area contributed by atoms with E-state index in [1.54, 1.807) is 42.5 Å². The smallest absolute Gasteiger partial charge is 0.251 e. The van der Waals surface area contributed by atoms with E-state index in [2.05, 4.69) is 10.6 Å². The van der Waals surface area contributed by atoms with Crippen molar-refractivity contribution in [1.82, 2.24) is 9.62 Å². The standard InChI is InChI=1S/C21H25N3O4S/c25-20(12-13-22-21(26)17-8-3-1-4-9-17)23-18-10-7-11-19(16-18)29(27,28)24-14-5-2-6-15-24/h1,3-4,7-11,16H,2,5-6,12-15H2,(H,22,26)(H,23,25). The molecule has 0 radical (unpaired) electrons. The Hall–Kier alpha value is -2.71. The number of sulfonamides is 1. The average Bonchev–Trinajstić information content (AvgIpc) is 2.75. The van der Waals surface area contributed by atoms with Crippen molar-refractivity contribution in [3.63, 3.8) is 0 Å². The third kappa shape index (κ3) is 5.65. The van der Waals surface area contributed by atoms with E-state index >= 15 is 0 Å². The zero-order valence-electron chi connectivity index (χ0n) is 16.1. The van der Waals surface area contributed by atoms with Gasteiger partial charge in [-0.3, -0.25) is 9.59 Å². The molecular weight excluding hydrogens is 390 g/mol. The van der Waals surface area contributed by atoms with Gasteiger partial charge in [-0.2, -0.15) is 4.31 Å². The van der Waals surface area contributed by atoms with Crippen LogP contribution in [0.15, 0.2) is 59.5 Å². The zero-order valence-corrected chi connectivity index (χ0v) is 17.0. The van der Waals surface area contributed by atoms with Crippen molar-refractivity contribution < 1.29 is 18.0 Å². The minimum Gasteiger partial charge on any atom is -0.352 e. The molecule has 1 aliphatic heterocycles. The number of nitrogens with zero attached hydrogens (tertiary/aromatic N) is 1. The van der Waals surface area contributed by atoms with Gasteiger partial charge in [0.1, 0.15) is 0 Å². The Morgan fingerprint density at radius 1 is 0.931 bits per heavy atom. The molecule has 1 saturated heterocycles. The van der Waals surface area contributed by atoms with Crippen molar-refractivity contribution >= 4 is 27.5 Å². The van der Waals surface area contributed by atoms with Crippen molar-refractivity contribution in [2.75, 3.05) is 25.0 Å². The molecule has 0 saturated carbocycles. The van der Waals surface area contributed by atoms with Crippen LogP contribution in [0.5, 0.6) is 0 Å². The van der Waals surface area contributed by atoms with Crippen molar-refractivity contribution in [1.29, 1.82) is 0 Å². The number of rotatable bonds is 7. The molecule has 3 rings (SSSR count). The number of benzene rings is 2. The van der Waals surface area contributed by atoms with Gasteiger partial charge in [0.15, 0.2) is 0 Å². The number of hydrogen-bond acceptors (Lipinski definition) is 4. The number of carbonyl (C=O) groups excluding carboxylic acids is 2. The summed E-state index contributed by atoms with van der Waals surface area (Å²) in [6.45, 7) is 1.24. The van der Waals surface area contributed by atoms with Gasteiger partial charge < -0.3 is 10.6 Å². The summed E-state index contributed by atoms with van der Waals surface area (Å²) in [4.78, 5) is 24.3. The fourth-order valence-electron chi connectivity index (χ4n) is 3.19. The minimum atomic E-state index is -3.55. The lowest BCUT2D eigenvalue weighted by Gasteiger charge is -2.26. The number of amides is 2. The molecule has 2 N–H and O–H groups in total. The van der Waals surface area contributed by atoms with Crippen molar-refractivity contribution in [2.45, 2.75) is 30.6 Å². The van der Waals surface area contributed by atoms with E-state index in [-0.39, 0.29) is 29.7 Å². The van der Waals surface area contributed by atoms with E-state index in [0.717, 1.165) is 19.3 Å². The Kier molecular flexibility index (Phi) is 7.00. The van der Waals surface area contributed by atoms with Gasteiger partial charge in [-0.1, -0.05) is 30.7 Å². The van der Waals surface area contributed by atoms with Crippen LogP contribution in [0.4, 0.5) is 5.69 Å². The Morgan fingerprint density at radius 2 is 1.66 bits per heavy atom. The summed E-state index contributed by atoms with van der Waals surface area (Å²) in [5.41, 5.74) is 0.950. The van der Waals surface area contributed by atoms with Gasteiger partial charge in [-0.15, -0.1) is 0 Å². The number of anilines is 1. The number of piperidine rings is 1. The molecule has 8 heteroatoms. The first kappa shape index (κ1) is 21.0. The van der Waals surface area contributed by atoms with E-state index in [1.807, 2.05) is 6.07 Å². The molecule has 1 aliphatic rings. The van der Waals surface area contributed by atoms with Crippen LogP contribution in [0.3, 0.4) is 0 Å². The molecule has 2 aromatic rings. The Labute approximate surface area is 171 Å². The van der Waals surface area contributed by atoms with Crippen LogP contribution in [0, 0.1) is 0 Å². The van der Waals surface area contributed by atoms with Crippen LogP contribution in [0.2, 0.25) is 0 Å². The predicted octanol–water partition coefficient (Wildman–Crippen LogP) is 2.62. The molecule has 0 unspecified atom stereocenters. The molecule has 0 spiro atoms. The fourth-order valence-corrected chi connectivity index (χ4v) is 4.76. The summed E-state index contributed by atoms with van der Waals surface area (Å²) in [5.74, 6) is -0.543. The maximum atomic E-state index is 12.8. The summed E-state index contributed by atoms with van der Waals surface area (Å²) >= 11 is 0.